The Hall–Kier alpha value is -2.87. The minimum atomic E-state index is -0.396. The number of nitrogens with zero attached hydrogens (tertiary/aromatic N) is 2. The Morgan fingerprint density at radius 2 is 1.68 bits per heavy atom. The highest BCUT2D eigenvalue weighted by molar-refractivity contribution is 9.10. The summed E-state index contributed by atoms with van der Waals surface area (Å²) in [6.07, 6.45) is 1.72. The topological polar surface area (TPSA) is 95.7 Å². The molecule has 4 rings (SSSR count). The maximum Gasteiger partial charge on any atom is 0.229 e. The number of benzene rings is 2. The van der Waals surface area contributed by atoms with Gasteiger partial charge in [0.15, 0.2) is 0 Å². The first-order chi connectivity index (χ1) is 14.9. The number of primary amides is 1. The highest BCUT2D eigenvalue weighted by Crippen LogP contribution is 2.32. The molecule has 2 saturated heterocycles. The summed E-state index contributed by atoms with van der Waals surface area (Å²) in [5.74, 6) is -0.868. The number of carbonyl (C=O) groups excluding carboxylic acids is 3. The number of hydrogen-bond donors (Lipinski definition) is 2. The Morgan fingerprint density at radius 3 is 2.32 bits per heavy atom. The van der Waals surface area contributed by atoms with Gasteiger partial charge in [0, 0.05) is 47.8 Å². The summed E-state index contributed by atoms with van der Waals surface area (Å²) >= 11 is 3.47. The fourth-order valence-corrected chi connectivity index (χ4v) is 4.71. The molecule has 2 fully saturated rings. The van der Waals surface area contributed by atoms with Gasteiger partial charge in [-0.05, 0) is 65.2 Å². The van der Waals surface area contributed by atoms with Crippen LogP contribution in [0.3, 0.4) is 0 Å². The van der Waals surface area contributed by atoms with E-state index in [1.54, 1.807) is 4.90 Å². The molecule has 0 saturated carbocycles. The smallest absolute Gasteiger partial charge is 0.229 e. The summed E-state index contributed by atoms with van der Waals surface area (Å²) in [5, 5.41) is 2.93. The van der Waals surface area contributed by atoms with E-state index in [-0.39, 0.29) is 30.1 Å². The maximum atomic E-state index is 12.8. The van der Waals surface area contributed by atoms with E-state index in [9.17, 15) is 14.4 Å². The van der Waals surface area contributed by atoms with E-state index in [4.69, 9.17) is 5.73 Å². The Balaban J connectivity index is 1.35. The molecule has 0 bridgehead atoms. The van der Waals surface area contributed by atoms with E-state index in [0.717, 1.165) is 41.8 Å². The van der Waals surface area contributed by atoms with Crippen LogP contribution in [-0.2, 0) is 14.4 Å². The predicted octanol–water partition coefficient (Wildman–Crippen LogP) is 3.14. The van der Waals surface area contributed by atoms with Crippen LogP contribution in [0.2, 0.25) is 0 Å². The van der Waals surface area contributed by atoms with Gasteiger partial charge in [-0.25, -0.2) is 0 Å². The first-order valence-electron chi connectivity index (χ1n) is 10.4. The van der Waals surface area contributed by atoms with Crippen LogP contribution in [0.5, 0.6) is 0 Å². The van der Waals surface area contributed by atoms with Crippen LogP contribution in [0.15, 0.2) is 53.0 Å². The third-order valence-electron chi connectivity index (χ3n) is 6.04. The summed E-state index contributed by atoms with van der Waals surface area (Å²) in [7, 11) is 0. The zero-order valence-corrected chi connectivity index (χ0v) is 18.7. The third kappa shape index (κ3) is 4.74. The summed E-state index contributed by atoms with van der Waals surface area (Å²) in [6.45, 7) is 1.93. The number of nitrogens with one attached hydrogen (secondary N) is 1. The SMILES string of the molecule is NC(=O)C1CCN(c2ccc(NC(=O)C3CC(=O)N(c4ccccc4Br)C3)cc2)CC1. The average molecular weight is 485 g/mol. The molecule has 3 N–H and O–H groups in total. The summed E-state index contributed by atoms with van der Waals surface area (Å²) in [6, 6.07) is 15.2. The molecule has 1 unspecified atom stereocenters. The van der Waals surface area contributed by atoms with Gasteiger partial charge < -0.3 is 20.9 Å². The fraction of sp³-hybridized carbons (Fsp3) is 0.348. The molecule has 0 spiro atoms. The van der Waals surface area contributed by atoms with Crippen LogP contribution in [0.4, 0.5) is 17.1 Å². The standard InChI is InChI=1S/C23H25BrN4O3/c24-19-3-1-2-4-20(19)28-14-16(13-21(28)29)23(31)26-17-5-7-18(8-6-17)27-11-9-15(10-12-27)22(25)30/h1-8,15-16H,9-14H2,(H2,25,30)(H,26,31). The Labute approximate surface area is 189 Å². The van der Waals surface area contributed by atoms with Crippen molar-refractivity contribution in [3.63, 3.8) is 0 Å². The largest absolute Gasteiger partial charge is 0.371 e. The number of para-hydroxylation sites is 1. The minimum absolute atomic E-state index is 0.0417. The summed E-state index contributed by atoms with van der Waals surface area (Å²) in [5.41, 5.74) is 7.94. The van der Waals surface area contributed by atoms with Crippen molar-refractivity contribution in [2.75, 3.05) is 34.8 Å². The van der Waals surface area contributed by atoms with E-state index in [1.807, 2.05) is 48.5 Å². The van der Waals surface area contributed by atoms with E-state index in [2.05, 4.69) is 26.1 Å². The third-order valence-corrected chi connectivity index (χ3v) is 6.71. The lowest BCUT2D eigenvalue weighted by Gasteiger charge is -2.32. The second kappa shape index (κ2) is 9.09. The number of anilines is 3. The van der Waals surface area contributed by atoms with Crippen LogP contribution in [-0.4, -0.2) is 37.4 Å². The second-order valence-corrected chi connectivity index (χ2v) is 8.91. The Bertz CT molecular complexity index is 987. The first-order valence-corrected chi connectivity index (χ1v) is 11.2. The zero-order valence-electron chi connectivity index (χ0n) is 17.1. The van der Waals surface area contributed by atoms with Gasteiger partial charge >= 0.3 is 0 Å². The average Bonchev–Trinajstić information content (AvgIpc) is 3.16. The Morgan fingerprint density at radius 1 is 1.00 bits per heavy atom. The van der Waals surface area contributed by atoms with E-state index >= 15 is 0 Å². The van der Waals surface area contributed by atoms with Crippen LogP contribution in [0.25, 0.3) is 0 Å². The molecule has 2 aromatic carbocycles. The second-order valence-electron chi connectivity index (χ2n) is 8.06. The number of halogens is 1. The van der Waals surface area contributed by atoms with Crippen molar-refractivity contribution < 1.29 is 14.4 Å². The van der Waals surface area contributed by atoms with E-state index in [1.165, 1.54) is 0 Å². The molecule has 2 heterocycles. The lowest BCUT2D eigenvalue weighted by molar-refractivity contribution is -0.122. The lowest BCUT2D eigenvalue weighted by Crippen LogP contribution is -2.38. The molecule has 2 aromatic rings. The predicted molar refractivity (Wildman–Crippen MR) is 124 cm³/mol. The molecule has 0 radical (unpaired) electrons. The van der Waals surface area contributed by atoms with E-state index < -0.39 is 5.92 Å². The molecule has 162 valence electrons. The van der Waals surface area contributed by atoms with Gasteiger partial charge in [-0.15, -0.1) is 0 Å². The van der Waals surface area contributed by atoms with Crippen molar-refractivity contribution in [3.8, 4) is 0 Å². The number of hydrogen-bond acceptors (Lipinski definition) is 4. The molecule has 1 atom stereocenters. The Kier molecular flexibility index (Phi) is 6.27. The van der Waals surface area contributed by atoms with Crippen LogP contribution < -0.4 is 20.9 Å². The van der Waals surface area contributed by atoms with Crippen molar-refractivity contribution in [3.05, 3.63) is 53.0 Å². The van der Waals surface area contributed by atoms with Gasteiger partial charge in [0.1, 0.15) is 0 Å². The van der Waals surface area contributed by atoms with Crippen LogP contribution >= 0.6 is 15.9 Å². The monoisotopic (exact) mass is 484 g/mol. The van der Waals surface area contributed by atoms with Crippen molar-refractivity contribution in [1.82, 2.24) is 0 Å². The molecular weight excluding hydrogens is 460 g/mol. The maximum absolute atomic E-state index is 12.8. The fourth-order valence-electron chi connectivity index (χ4n) is 4.21. The number of piperidine rings is 1. The van der Waals surface area contributed by atoms with Gasteiger partial charge in [0.25, 0.3) is 0 Å². The number of nitrogens with two attached hydrogens (primary N) is 1. The van der Waals surface area contributed by atoms with Crippen LogP contribution in [0, 0.1) is 11.8 Å². The van der Waals surface area contributed by atoms with Crippen molar-refractivity contribution in [1.29, 1.82) is 0 Å². The first kappa shape index (κ1) is 21.4. The zero-order chi connectivity index (χ0) is 22.0. The molecule has 3 amide bonds. The van der Waals surface area contributed by atoms with Crippen molar-refractivity contribution in [2.24, 2.45) is 17.6 Å². The molecular formula is C23H25BrN4O3. The minimum Gasteiger partial charge on any atom is -0.371 e. The van der Waals surface area contributed by atoms with Crippen LogP contribution in [0.1, 0.15) is 19.3 Å². The molecule has 8 heteroatoms. The van der Waals surface area contributed by atoms with E-state index in [0.29, 0.717) is 12.2 Å². The molecule has 31 heavy (non-hydrogen) atoms. The quantitative estimate of drug-likeness (QED) is 0.681. The lowest BCUT2D eigenvalue weighted by atomic mass is 9.96. The van der Waals surface area contributed by atoms with Crippen molar-refractivity contribution >= 4 is 50.7 Å². The van der Waals surface area contributed by atoms with Gasteiger partial charge in [0.05, 0.1) is 11.6 Å². The molecule has 0 aliphatic carbocycles. The van der Waals surface area contributed by atoms with Gasteiger partial charge in [-0.2, -0.15) is 0 Å². The summed E-state index contributed by atoms with van der Waals surface area (Å²) < 4.78 is 0.833. The molecule has 2 aliphatic heterocycles. The summed E-state index contributed by atoms with van der Waals surface area (Å²) in [4.78, 5) is 40.4. The van der Waals surface area contributed by atoms with Gasteiger partial charge in [0.2, 0.25) is 17.7 Å². The van der Waals surface area contributed by atoms with Gasteiger partial charge in [-0.3, -0.25) is 14.4 Å². The highest BCUT2D eigenvalue weighted by Gasteiger charge is 2.35. The normalized spacial score (nSPS) is 19.5. The van der Waals surface area contributed by atoms with Crippen molar-refractivity contribution in [2.45, 2.75) is 19.3 Å². The highest BCUT2D eigenvalue weighted by atomic mass is 79.9. The number of rotatable bonds is 5. The molecule has 0 aromatic heterocycles. The molecule has 7 nitrogen and oxygen atoms in total. The molecule has 2 aliphatic rings. The number of amides is 3. The number of carbonyl (C=O) groups is 3. The van der Waals surface area contributed by atoms with Gasteiger partial charge in [-0.1, -0.05) is 12.1 Å².